The molecule has 3 nitrogen and oxygen atoms in total. The van der Waals surface area contributed by atoms with Gasteiger partial charge in [-0.05, 0) is 48.4 Å². The molecule has 0 heterocycles. The van der Waals surface area contributed by atoms with Crippen molar-refractivity contribution in [1.82, 2.24) is 0 Å². The maximum Gasteiger partial charge on any atom is 0.343 e. The van der Waals surface area contributed by atoms with Gasteiger partial charge in [0.25, 0.3) is 0 Å². The Bertz CT molecular complexity index is 1010. The predicted molar refractivity (Wildman–Crippen MR) is 112 cm³/mol. The molecule has 28 heavy (non-hydrogen) atoms. The average Bonchev–Trinajstić information content (AvgIpc) is 2.73. The Morgan fingerprint density at radius 1 is 0.786 bits per heavy atom. The van der Waals surface area contributed by atoms with E-state index in [1.807, 2.05) is 37.3 Å². The van der Waals surface area contributed by atoms with Crippen molar-refractivity contribution >= 4 is 23.4 Å². The summed E-state index contributed by atoms with van der Waals surface area (Å²) in [6.45, 7) is 5.79. The summed E-state index contributed by atoms with van der Waals surface area (Å²) < 4.78 is 5.40. The summed E-state index contributed by atoms with van der Waals surface area (Å²) in [4.78, 5) is 24.3. The molecule has 3 rings (SSSR count). The molecule has 0 amide bonds. The Kier molecular flexibility index (Phi) is 5.97. The van der Waals surface area contributed by atoms with Gasteiger partial charge in [-0.25, -0.2) is 4.79 Å². The third-order valence-corrected chi connectivity index (χ3v) is 4.19. The zero-order chi connectivity index (χ0) is 19.9. The van der Waals surface area contributed by atoms with Crippen LogP contribution in [0.2, 0.25) is 0 Å². The van der Waals surface area contributed by atoms with Crippen LogP contribution in [-0.4, -0.2) is 11.8 Å². The summed E-state index contributed by atoms with van der Waals surface area (Å²) in [5.41, 5.74) is 3.88. The SMILES string of the molecule is C=C(C)c1ccc(C(=O)Oc2ccc(C=CC(=O)c3ccccc3)cc2)cc1. The number of carbonyl (C=O) groups is 2. The summed E-state index contributed by atoms with van der Waals surface area (Å²) in [7, 11) is 0. The molecule has 0 aliphatic heterocycles. The first-order valence-electron chi connectivity index (χ1n) is 8.88. The highest BCUT2D eigenvalue weighted by Crippen LogP contribution is 2.17. The summed E-state index contributed by atoms with van der Waals surface area (Å²) in [5.74, 6) is -0.0364. The molecular formula is C25H20O3. The highest BCUT2D eigenvalue weighted by Gasteiger charge is 2.08. The highest BCUT2D eigenvalue weighted by molar-refractivity contribution is 6.06. The Hall–Kier alpha value is -3.72. The van der Waals surface area contributed by atoms with Crippen molar-refractivity contribution in [3.05, 3.63) is 114 Å². The van der Waals surface area contributed by atoms with E-state index >= 15 is 0 Å². The van der Waals surface area contributed by atoms with E-state index in [1.165, 1.54) is 6.08 Å². The molecule has 3 heteroatoms. The molecule has 0 unspecified atom stereocenters. The molecular weight excluding hydrogens is 348 g/mol. The topological polar surface area (TPSA) is 43.4 Å². The van der Waals surface area contributed by atoms with Crippen molar-refractivity contribution in [3.8, 4) is 5.75 Å². The number of esters is 1. The van der Waals surface area contributed by atoms with Gasteiger partial charge in [0.1, 0.15) is 5.75 Å². The first-order chi connectivity index (χ1) is 13.5. The van der Waals surface area contributed by atoms with Crippen molar-refractivity contribution < 1.29 is 14.3 Å². The van der Waals surface area contributed by atoms with Gasteiger partial charge in [0.05, 0.1) is 5.56 Å². The second-order valence-electron chi connectivity index (χ2n) is 6.38. The maximum atomic E-state index is 12.2. The highest BCUT2D eigenvalue weighted by atomic mass is 16.5. The first kappa shape index (κ1) is 19.1. The second-order valence-corrected chi connectivity index (χ2v) is 6.38. The number of allylic oxidation sites excluding steroid dienone is 2. The van der Waals surface area contributed by atoms with E-state index in [2.05, 4.69) is 6.58 Å². The third kappa shape index (κ3) is 4.92. The fourth-order valence-corrected chi connectivity index (χ4v) is 2.57. The third-order valence-electron chi connectivity index (χ3n) is 4.19. The predicted octanol–water partition coefficient (Wildman–Crippen LogP) is 5.84. The van der Waals surface area contributed by atoms with Crippen LogP contribution in [0.1, 0.15) is 38.8 Å². The molecule has 0 atom stereocenters. The van der Waals surface area contributed by atoms with Crippen molar-refractivity contribution in [2.75, 3.05) is 0 Å². The molecule has 0 spiro atoms. The normalized spacial score (nSPS) is 10.6. The Labute approximate surface area is 164 Å². The number of benzene rings is 3. The zero-order valence-corrected chi connectivity index (χ0v) is 15.6. The number of ketones is 1. The van der Waals surface area contributed by atoms with Crippen LogP contribution in [0.3, 0.4) is 0 Å². The summed E-state index contributed by atoms with van der Waals surface area (Å²) in [5, 5.41) is 0. The van der Waals surface area contributed by atoms with E-state index < -0.39 is 5.97 Å². The van der Waals surface area contributed by atoms with E-state index in [0.717, 1.165) is 16.7 Å². The van der Waals surface area contributed by atoms with Crippen LogP contribution in [-0.2, 0) is 0 Å². The molecule has 0 N–H and O–H groups in total. The number of rotatable bonds is 6. The van der Waals surface area contributed by atoms with Crippen molar-refractivity contribution in [2.24, 2.45) is 0 Å². The lowest BCUT2D eigenvalue weighted by Gasteiger charge is -2.06. The minimum absolute atomic E-state index is 0.0608. The Morgan fingerprint density at radius 3 is 2.00 bits per heavy atom. The van der Waals surface area contributed by atoms with Gasteiger partial charge in [-0.15, -0.1) is 0 Å². The van der Waals surface area contributed by atoms with Crippen LogP contribution in [0.4, 0.5) is 0 Å². The molecule has 0 bridgehead atoms. The number of hydrogen-bond donors (Lipinski definition) is 0. The van der Waals surface area contributed by atoms with Gasteiger partial charge >= 0.3 is 5.97 Å². The van der Waals surface area contributed by atoms with Crippen LogP contribution in [0.5, 0.6) is 5.75 Å². The van der Waals surface area contributed by atoms with Gasteiger partial charge in [0, 0.05) is 5.56 Å². The number of ether oxygens (including phenoxy) is 1. The molecule has 0 aliphatic carbocycles. The lowest BCUT2D eigenvalue weighted by atomic mass is 10.1. The largest absolute Gasteiger partial charge is 0.423 e. The van der Waals surface area contributed by atoms with Crippen molar-refractivity contribution in [1.29, 1.82) is 0 Å². The molecule has 0 saturated carbocycles. The minimum Gasteiger partial charge on any atom is -0.423 e. The number of carbonyl (C=O) groups excluding carboxylic acids is 2. The van der Waals surface area contributed by atoms with E-state index in [-0.39, 0.29) is 5.78 Å². The fourth-order valence-electron chi connectivity index (χ4n) is 2.57. The molecule has 138 valence electrons. The van der Waals surface area contributed by atoms with Crippen LogP contribution in [0, 0.1) is 0 Å². The summed E-state index contributed by atoms with van der Waals surface area (Å²) in [6, 6.07) is 23.2. The first-order valence-corrected chi connectivity index (χ1v) is 8.88. The van der Waals surface area contributed by atoms with E-state index in [4.69, 9.17) is 4.74 Å². The smallest absolute Gasteiger partial charge is 0.343 e. The van der Waals surface area contributed by atoms with E-state index in [9.17, 15) is 9.59 Å². The van der Waals surface area contributed by atoms with E-state index in [1.54, 1.807) is 54.6 Å². The standard InChI is InChI=1S/C25H20O3/c1-18(2)20-11-13-22(14-12-20)25(27)28-23-15-8-19(9-16-23)10-17-24(26)21-6-4-3-5-7-21/h3-17H,1H2,2H3. The zero-order valence-electron chi connectivity index (χ0n) is 15.6. The minimum atomic E-state index is -0.421. The summed E-state index contributed by atoms with van der Waals surface area (Å²) in [6.07, 6.45) is 3.26. The van der Waals surface area contributed by atoms with Gasteiger partial charge in [-0.1, -0.05) is 72.8 Å². The Balaban J connectivity index is 1.62. The van der Waals surface area contributed by atoms with Gasteiger partial charge in [0.15, 0.2) is 5.78 Å². The molecule has 3 aromatic rings. The van der Waals surface area contributed by atoms with Gasteiger partial charge in [0.2, 0.25) is 0 Å². The van der Waals surface area contributed by atoms with Crippen LogP contribution < -0.4 is 4.74 Å². The average molecular weight is 368 g/mol. The van der Waals surface area contributed by atoms with E-state index in [0.29, 0.717) is 16.9 Å². The molecule has 0 saturated heterocycles. The maximum absolute atomic E-state index is 12.2. The molecule has 0 aliphatic rings. The van der Waals surface area contributed by atoms with Gasteiger partial charge < -0.3 is 4.74 Å². The second kappa shape index (κ2) is 8.78. The summed E-state index contributed by atoms with van der Waals surface area (Å²) >= 11 is 0. The van der Waals surface area contributed by atoms with Crippen LogP contribution >= 0.6 is 0 Å². The van der Waals surface area contributed by atoms with Crippen LogP contribution in [0.15, 0.2) is 91.5 Å². The quantitative estimate of drug-likeness (QED) is 0.238. The molecule has 3 aromatic carbocycles. The Morgan fingerprint density at radius 2 is 1.39 bits per heavy atom. The molecule has 0 fully saturated rings. The van der Waals surface area contributed by atoms with Crippen molar-refractivity contribution in [2.45, 2.75) is 6.92 Å². The lowest BCUT2D eigenvalue weighted by Crippen LogP contribution is -2.08. The van der Waals surface area contributed by atoms with Crippen molar-refractivity contribution in [3.63, 3.8) is 0 Å². The van der Waals surface area contributed by atoms with Gasteiger partial charge in [-0.3, -0.25) is 4.79 Å². The fraction of sp³-hybridized carbons (Fsp3) is 0.0400. The van der Waals surface area contributed by atoms with Gasteiger partial charge in [-0.2, -0.15) is 0 Å². The molecule has 0 radical (unpaired) electrons. The lowest BCUT2D eigenvalue weighted by molar-refractivity contribution is 0.0734. The number of hydrogen-bond acceptors (Lipinski definition) is 3. The van der Waals surface area contributed by atoms with Crippen LogP contribution in [0.25, 0.3) is 11.6 Å². The molecule has 0 aromatic heterocycles. The monoisotopic (exact) mass is 368 g/mol.